The Labute approximate surface area is 78.1 Å². The van der Waals surface area contributed by atoms with Gasteiger partial charge in [-0.1, -0.05) is 37.3 Å². The lowest BCUT2D eigenvalue weighted by Crippen LogP contribution is -2.33. The van der Waals surface area contributed by atoms with Gasteiger partial charge in [0.15, 0.2) is 0 Å². The van der Waals surface area contributed by atoms with Crippen molar-refractivity contribution < 1.29 is 9.94 Å². The fourth-order valence-corrected chi connectivity index (χ4v) is 1.24. The molecule has 0 bridgehead atoms. The van der Waals surface area contributed by atoms with Crippen LogP contribution in [-0.2, 0) is 10.3 Å². The Morgan fingerprint density at radius 2 is 2.00 bits per heavy atom. The van der Waals surface area contributed by atoms with Crippen LogP contribution in [0.25, 0.3) is 0 Å². The van der Waals surface area contributed by atoms with Crippen molar-refractivity contribution in [1.29, 1.82) is 0 Å². The lowest BCUT2D eigenvalue weighted by atomic mass is 9.84. The molecule has 3 heteroatoms. The number of aliphatic hydroxyl groups is 1. The van der Waals surface area contributed by atoms with Crippen LogP contribution in [0.1, 0.15) is 12.5 Å². The van der Waals surface area contributed by atoms with Crippen molar-refractivity contribution >= 4 is 0 Å². The summed E-state index contributed by atoms with van der Waals surface area (Å²) in [5.74, 6) is 5.02. The SMILES string of the molecule is CC(CO)(CON)c1ccccc1. The Kier molecular flexibility index (Phi) is 3.42. The molecular weight excluding hydrogens is 166 g/mol. The van der Waals surface area contributed by atoms with Crippen LogP contribution in [0.15, 0.2) is 30.3 Å². The summed E-state index contributed by atoms with van der Waals surface area (Å²) in [6.45, 7) is 2.25. The van der Waals surface area contributed by atoms with E-state index in [1.165, 1.54) is 0 Å². The Bertz CT molecular complexity index is 250. The molecule has 72 valence electrons. The van der Waals surface area contributed by atoms with Crippen molar-refractivity contribution in [2.24, 2.45) is 5.90 Å². The molecule has 3 N–H and O–H groups in total. The summed E-state index contributed by atoms with van der Waals surface area (Å²) in [5, 5.41) is 9.23. The average molecular weight is 181 g/mol. The van der Waals surface area contributed by atoms with Crippen LogP contribution in [0.4, 0.5) is 0 Å². The van der Waals surface area contributed by atoms with Gasteiger partial charge in [-0.3, -0.25) is 0 Å². The summed E-state index contributed by atoms with van der Waals surface area (Å²) >= 11 is 0. The van der Waals surface area contributed by atoms with Crippen LogP contribution in [0, 0.1) is 0 Å². The van der Waals surface area contributed by atoms with Crippen molar-refractivity contribution in [2.45, 2.75) is 12.3 Å². The van der Waals surface area contributed by atoms with Crippen LogP contribution in [-0.4, -0.2) is 18.3 Å². The van der Waals surface area contributed by atoms with E-state index >= 15 is 0 Å². The van der Waals surface area contributed by atoms with Crippen LogP contribution in [0.5, 0.6) is 0 Å². The first-order valence-electron chi connectivity index (χ1n) is 4.21. The largest absolute Gasteiger partial charge is 0.395 e. The molecule has 1 atom stereocenters. The molecule has 0 aliphatic heterocycles. The summed E-state index contributed by atoms with van der Waals surface area (Å²) in [7, 11) is 0. The first-order valence-corrected chi connectivity index (χ1v) is 4.21. The molecule has 13 heavy (non-hydrogen) atoms. The standard InChI is InChI=1S/C10H15NO2/c1-10(7-12,8-13-11)9-5-3-2-4-6-9/h2-6,12H,7-8,11H2,1H3. The molecule has 0 heterocycles. The third-order valence-electron chi connectivity index (χ3n) is 2.22. The average Bonchev–Trinajstić information content (AvgIpc) is 2.19. The molecule has 1 aromatic carbocycles. The van der Waals surface area contributed by atoms with E-state index in [0.29, 0.717) is 6.61 Å². The molecule has 0 saturated carbocycles. The van der Waals surface area contributed by atoms with Crippen LogP contribution in [0.2, 0.25) is 0 Å². The quantitative estimate of drug-likeness (QED) is 0.676. The van der Waals surface area contributed by atoms with Crippen molar-refractivity contribution in [3.05, 3.63) is 35.9 Å². The van der Waals surface area contributed by atoms with Crippen molar-refractivity contribution in [2.75, 3.05) is 13.2 Å². The van der Waals surface area contributed by atoms with Gasteiger partial charge in [-0.25, -0.2) is 5.90 Å². The topological polar surface area (TPSA) is 55.5 Å². The minimum Gasteiger partial charge on any atom is -0.395 e. The summed E-state index contributed by atoms with van der Waals surface area (Å²) in [6.07, 6.45) is 0. The molecule has 0 amide bonds. The van der Waals surface area contributed by atoms with Gasteiger partial charge in [0.2, 0.25) is 0 Å². The zero-order valence-corrected chi connectivity index (χ0v) is 7.73. The second-order valence-electron chi connectivity index (χ2n) is 3.40. The van der Waals surface area contributed by atoms with E-state index in [2.05, 4.69) is 4.84 Å². The predicted molar refractivity (Wildman–Crippen MR) is 51.0 cm³/mol. The van der Waals surface area contributed by atoms with E-state index in [1.807, 2.05) is 37.3 Å². The first kappa shape index (κ1) is 10.2. The number of aliphatic hydroxyl groups excluding tert-OH is 1. The number of nitrogens with two attached hydrogens (primary N) is 1. The maximum absolute atomic E-state index is 9.23. The molecule has 0 saturated heterocycles. The normalized spacial score (nSPS) is 15.3. The fraction of sp³-hybridized carbons (Fsp3) is 0.400. The molecule has 0 radical (unpaired) electrons. The molecule has 1 aromatic rings. The van der Waals surface area contributed by atoms with E-state index in [-0.39, 0.29) is 6.61 Å². The Hall–Kier alpha value is -0.900. The first-order chi connectivity index (χ1) is 6.23. The van der Waals surface area contributed by atoms with Crippen molar-refractivity contribution in [1.82, 2.24) is 0 Å². The van der Waals surface area contributed by atoms with Gasteiger partial charge in [0.25, 0.3) is 0 Å². The summed E-state index contributed by atoms with van der Waals surface area (Å²) in [4.78, 5) is 4.59. The van der Waals surface area contributed by atoms with E-state index in [1.54, 1.807) is 0 Å². The molecule has 0 aliphatic carbocycles. The highest BCUT2D eigenvalue weighted by Crippen LogP contribution is 2.22. The molecule has 0 fully saturated rings. The van der Waals surface area contributed by atoms with E-state index in [0.717, 1.165) is 5.56 Å². The number of hydrogen-bond acceptors (Lipinski definition) is 3. The van der Waals surface area contributed by atoms with Crippen molar-refractivity contribution in [3.63, 3.8) is 0 Å². The van der Waals surface area contributed by atoms with Crippen LogP contribution < -0.4 is 5.90 Å². The minimum absolute atomic E-state index is 0.0220. The Morgan fingerprint density at radius 3 is 2.46 bits per heavy atom. The smallest absolute Gasteiger partial charge is 0.0795 e. The van der Waals surface area contributed by atoms with E-state index in [9.17, 15) is 5.11 Å². The van der Waals surface area contributed by atoms with E-state index < -0.39 is 5.41 Å². The van der Waals surface area contributed by atoms with Gasteiger partial charge in [-0.2, -0.15) is 0 Å². The summed E-state index contributed by atoms with van der Waals surface area (Å²) < 4.78 is 0. The van der Waals surface area contributed by atoms with Gasteiger partial charge >= 0.3 is 0 Å². The predicted octanol–water partition coefficient (Wildman–Crippen LogP) is 0.827. The van der Waals surface area contributed by atoms with E-state index in [4.69, 9.17) is 5.90 Å². The number of benzene rings is 1. The third-order valence-corrected chi connectivity index (χ3v) is 2.22. The second-order valence-corrected chi connectivity index (χ2v) is 3.40. The second kappa shape index (κ2) is 4.37. The Balaban J connectivity index is 2.89. The highest BCUT2D eigenvalue weighted by atomic mass is 16.6. The highest BCUT2D eigenvalue weighted by Gasteiger charge is 2.25. The molecular formula is C10H15NO2. The Morgan fingerprint density at radius 1 is 1.38 bits per heavy atom. The monoisotopic (exact) mass is 181 g/mol. The number of rotatable bonds is 4. The zero-order chi connectivity index (χ0) is 9.73. The van der Waals surface area contributed by atoms with Gasteiger partial charge in [0.05, 0.1) is 13.2 Å². The van der Waals surface area contributed by atoms with Gasteiger partial charge in [-0.05, 0) is 5.56 Å². The minimum atomic E-state index is -0.407. The maximum Gasteiger partial charge on any atom is 0.0795 e. The molecule has 1 unspecified atom stereocenters. The van der Waals surface area contributed by atoms with Gasteiger partial charge in [0.1, 0.15) is 0 Å². The number of hydrogen-bond donors (Lipinski definition) is 2. The molecule has 1 rings (SSSR count). The lowest BCUT2D eigenvalue weighted by Gasteiger charge is -2.26. The van der Waals surface area contributed by atoms with Gasteiger partial charge in [-0.15, -0.1) is 0 Å². The van der Waals surface area contributed by atoms with Gasteiger partial charge < -0.3 is 9.94 Å². The third kappa shape index (κ3) is 2.28. The summed E-state index contributed by atoms with van der Waals surface area (Å²) in [6, 6.07) is 9.70. The molecule has 0 aliphatic rings. The summed E-state index contributed by atoms with van der Waals surface area (Å²) in [5.41, 5.74) is 0.624. The highest BCUT2D eigenvalue weighted by molar-refractivity contribution is 5.24. The van der Waals surface area contributed by atoms with Crippen LogP contribution in [0.3, 0.4) is 0 Å². The molecule has 0 spiro atoms. The lowest BCUT2D eigenvalue weighted by molar-refractivity contribution is 0.0595. The van der Waals surface area contributed by atoms with Gasteiger partial charge in [0, 0.05) is 5.41 Å². The maximum atomic E-state index is 9.23. The fourth-order valence-electron chi connectivity index (χ4n) is 1.24. The van der Waals surface area contributed by atoms with Crippen molar-refractivity contribution in [3.8, 4) is 0 Å². The molecule has 3 nitrogen and oxygen atoms in total. The molecule has 0 aromatic heterocycles. The zero-order valence-electron chi connectivity index (χ0n) is 7.73. The van der Waals surface area contributed by atoms with Crippen LogP contribution >= 0.6 is 0 Å².